The van der Waals surface area contributed by atoms with E-state index in [1.54, 1.807) is 24.3 Å². The van der Waals surface area contributed by atoms with Crippen LogP contribution >= 0.6 is 11.6 Å². The van der Waals surface area contributed by atoms with Gasteiger partial charge in [-0.25, -0.2) is 0 Å². The van der Waals surface area contributed by atoms with Gasteiger partial charge < -0.3 is 20.6 Å². The lowest BCUT2D eigenvalue weighted by molar-refractivity contribution is 0.0987. The summed E-state index contributed by atoms with van der Waals surface area (Å²) in [6, 6.07) is 4.66. The number of nitrogens with one attached hydrogen (secondary N) is 1. The fraction of sp³-hybridized carbons (Fsp3) is 0.0625. The van der Waals surface area contributed by atoms with E-state index in [-0.39, 0.29) is 22.3 Å². The molecule has 0 aliphatic rings. The van der Waals surface area contributed by atoms with Gasteiger partial charge in [-0.1, -0.05) is 24.3 Å². The first-order valence-electron chi connectivity index (χ1n) is 6.42. The van der Waals surface area contributed by atoms with Crippen LogP contribution in [0.5, 0.6) is 5.75 Å². The predicted molar refractivity (Wildman–Crippen MR) is 87.7 cm³/mol. The normalized spacial score (nSPS) is 12.5. The van der Waals surface area contributed by atoms with E-state index < -0.39 is 0 Å². The molecule has 0 aliphatic heterocycles. The summed E-state index contributed by atoms with van der Waals surface area (Å²) in [5.74, 6) is -0.189. The molecule has 2 aromatic rings. The second kappa shape index (κ2) is 6.41. The molecule has 1 aromatic carbocycles. The average molecular weight is 319 g/mol. The maximum Gasteiger partial charge on any atom is 0.197 e. The van der Waals surface area contributed by atoms with E-state index in [1.807, 2.05) is 0 Å². The van der Waals surface area contributed by atoms with Crippen LogP contribution < -0.4 is 21.7 Å². The van der Waals surface area contributed by atoms with E-state index in [4.69, 9.17) is 21.8 Å². The minimum atomic E-state index is -0.257. The summed E-state index contributed by atoms with van der Waals surface area (Å²) in [6.45, 7) is 5.03. The molecule has 0 amide bonds. The molecule has 0 unspecified atom stereocenters. The van der Waals surface area contributed by atoms with Crippen molar-refractivity contribution >= 4 is 41.0 Å². The first kappa shape index (κ1) is 15.7. The van der Waals surface area contributed by atoms with Crippen molar-refractivity contribution in [3.05, 3.63) is 52.3 Å². The molecular weight excluding hydrogens is 304 g/mol. The van der Waals surface area contributed by atoms with E-state index in [1.165, 1.54) is 19.2 Å². The van der Waals surface area contributed by atoms with Crippen LogP contribution in [0.1, 0.15) is 17.5 Å². The highest BCUT2D eigenvalue weighted by molar-refractivity contribution is 6.32. The second-order valence-corrected chi connectivity index (χ2v) is 4.91. The minimum absolute atomic E-state index is 0.0700. The van der Waals surface area contributed by atoms with E-state index in [0.29, 0.717) is 22.0 Å². The maximum atomic E-state index is 11.8. The molecule has 1 heterocycles. The smallest absolute Gasteiger partial charge is 0.197 e. The summed E-state index contributed by atoms with van der Waals surface area (Å²) in [6.07, 6.45) is 4.51. The Balaban J connectivity index is 2.65. The van der Waals surface area contributed by atoms with Crippen LogP contribution in [-0.4, -0.2) is 10.9 Å². The number of hydrogen-bond donors (Lipinski definition) is 3. The number of aromatic hydroxyl groups is 1. The molecule has 0 fully saturated rings. The van der Waals surface area contributed by atoms with Crippen molar-refractivity contribution in [3.63, 3.8) is 0 Å². The Morgan fingerprint density at radius 1 is 1.50 bits per heavy atom. The summed E-state index contributed by atoms with van der Waals surface area (Å²) in [5.41, 5.74) is 6.88. The van der Waals surface area contributed by atoms with Crippen molar-refractivity contribution in [2.24, 2.45) is 5.73 Å². The molecule has 0 spiro atoms. The van der Waals surface area contributed by atoms with Gasteiger partial charge in [-0.15, -0.1) is 0 Å². The van der Waals surface area contributed by atoms with E-state index in [0.717, 1.165) is 0 Å². The minimum Gasteiger partial charge on any atom is -0.506 e. The third-order valence-corrected chi connectivity index (χ3v) is 3.26. The van der Waals surface area contributed by atoms with Gasteiger partial charge in [0.2, 0.25) is 0 Å². The molecule has 0 aliphatic carbocycles. The third kappa shape index (κ3) is 2.99. The van der Waals surface area contributed by atoms with E-state index >= 15 is 0 Å². The number of carbonyl (C=O) groups excluding carboxylic acids is 1. The number of benzene rings is 1. The van der Waals surface area contributed by atoms with Crippen LogP contribution in [-0.2, 0) is 0 Å². The van der Waals surface area contributed by atoms with E-state index in [2.05, 4.69) is 11.9 Å². The molecule has 0 saturated carbocycles. The first-order chi connectivity index (χ1) is 10.5. The molecule has 0 atom stereocenters. The van der Waals surface area contributed by atoms with Gasteiger partial charge in [0, 0.05) is 30.1 Å². The highest BCUT2D eigenvalue weighted by atomic mass is 35.5. The number of phenolic OH excluding ortho intramolecular Hbond substituents is 1. The van der Waals surface area contributed by atoms with Gasteiger partial charge in [0.15, 0.2) is 17.0 Å². The highest BCUT2D eigenvalue weighted by Crippen LogP contribution is 2.28. The lowest BCUT2D eigenvalue weighted by Crippen LogP contribution is -2.23. The SMILES string of the molecule is C=C/C=c1/c(Nc2ccc(Cl)c(O)c2)c(C(C)=O)o/c1=C/N. The van der Waals surface area contributed by atoms with Gasteiger partial charge >= 0.3 is 0 Å². The molecule has 0 saturated heterocycles. The molecular formula is C16H15ClN2O3. The largest absolute Gasteiger partial charge is 0.506 e. The van der Waals surface area contributed by atoms with Crippen molar-refractivity contribution < 1.29 is 14.3 Å². The van der Waals surface area contributed by atoms with Crippen LogP contribution in [0.4, 0.5) is 11.4 Å². The van der Waals surface area contributed by atoms with Crippen molar-refractivity contribution in [3.8, 4) is 5.75 Å². The van der Waals surface area contributed by atoms with Crippen LogP contribution in [0, 0.1) is 0 Å². The Hall–Kier alpha value is -2.66. The fourth-order valence-electron chi connectivity index (χ4n) is 1.98. The van der Waals surface area contributed by atoms with Crippen LogP contribution in [0.3, 0.4) is 0 Å². The average Bonchev–Trinajstić information content (AvgIpc) is 2.82. The molecule has 4 N–H and O–H groups in total. The van der Waals surface area contributed by atoms with Crippen molar-refractivity contribution in [2.75, 3.05) is 5.32 Å². The molecule has 0 radical (unpaired) electrons. The Labute approximate surface area is 132 Å². The van der Waals surface area contributed by atoms with E-state index in [9.17, 15) is 9.90 Å². The van der Waals surface area contributed by atoms with Crippen LogP contribution in [0.15, 0.2) is 35.3 Å². The highest BCUT2D eigenvalue weighted by Gasteiger charge is 2.16. The summed E-state index contributed by atoms with van der Waals surface area (Å²) >= 11 is 5.78. The number of allylic oxidation sites excluding steroid dienone is 1. The number of phenols is 1. The summed E-state index contributed by atoms with van der Waals surface area (Å²) in [4.78, 5) is 11.8. The first-order valence-corrected chi connectivity index (χ1v) is 6.79. The molecule has 5 nitrogen and oxygen atoms in total. The summed E-state index contributed by atoms with van der Waals surface area (Å²) in [5, 5.41) is 13.5. The summed E-state index contributed by atoms with van der Waals surface area (Å²) < 4.78 is 5.48. The summed E-state index contributed by atoms with van der Waals surface area (Å²) in [7, 11) is 0. The third-order valence-electron chi connectivity index (χ3n) is 2.95. The standard InChI is InChI=1S/C16H15ClN2O3/c1-3-4-11-14(8-18)22-16(9(2)20)15(11)19-10-5-6-12(17)13(21)7-10/h3-8,19,21H,1,18H2,2H3/b11-4+,14-8+. The topological polar surface area (TPSA) is 88.5 Å². The van der Waals surface area contributed by atoms with Gasteiger partial charge in [0.25, 0.3) is 0 Å². The van der Waals surface area contributed by atoms with Gasteiger partial charge in [-0.2, -0.15) is 0 Å². The number of nitrogens with two attached hydrogens (primary N) is 1. The molecule has 1 aromatic heterocycles. The lowest BCUT2D eigenvalue weighted by Gasteiger charge is -2.07. The van der Waals surface area contributed by atoms with Gasteiger partial charge in [0.1, 0.15) is 5.75 Å². The van der Waals surface area contributed by atoms with Crippen LogP contribution in [0.25, 0.3) is 12.3 Å². The predicted octanol–water partition coefficient (Wildman–Crippen LogP) is 2.25. The fourth-order valence-corrected chi connectivity index (χ4v) is 2.09. The van der Waals surface area contributed by atoms with Crippen molar-refractivity contribution in [1.29, 1.82) is 0 Å². The molecule has 0 bridgehead atoms. The van der Waals surface area contributed by atoms with Gasteiger partial charge in [0.05, 0.1) is 10.7 Å². The molecule has 6 heteroatoms. The number of rotatable bonds is 4. The Bertz CT molecular complexity index is 853. The second-order valence-electron chi connectivity index (χ2n) is 4.50. The number of halogens is 1. The molecule has 22 heavy (non-hydrogen) atoms. The molecule has 114 valence electrons. The zero-order chi connectivity index (χ0) is 16.3. The molecule has 2 rings (SSSR count). The van der Waals surface area contributed by atoms with Crippen LogP contribution in [0.2, 0.25) is 5.02 Å². The number of anilines is 2. The zero-order valence-corrected chi connectivity index (χ0v) is 12.6. The van der Waals surface area contributed by atoms with Gasteiger partial charge in [-0.05, 0) is 18.2 Å². The number of furan rings is 1. The zero-order valence-electron chi connectivity index (χ0n) is 11.9. The lowest BCUT2D eigenvalue weighted by atomic mass is 10.2. The quantitative estimate of drug-likeness (QED) is 0.752. The maximum absolute atomic E-state index is 11.8. The Morgan fingerprint density at radius 3 is 2.77 bits per heavy atom. The number of carbonyl (C=O) groups is 1. The number of ketones is 1. The Morgan fingerprint density at radius 2 is 2.23 bits per heavy atom. The van der Waals surface area contributed by atoms with Crippen molar-refractivity contribution in [1.82, 2.24) is 0 Å². The number of hydrogen-bond acceptors (Lipinski definition) is 5. The number of Topliss-reactive ketones (excluding diaryl/α,β-unsaturated/α-hetero) is 1. The Kier molecular flexibility index (Phi) is 4.58. The van der Waals surface area contributed by atoms with Crippen molar-refractivity contribution in [2.45, 2.75) is 6.92 Å². The monoisotopic (exact) mass is 318 g/mol. The van der Waals surface area contributed by atoms with Gasteiger partial charge in [-0.3, -0.25) is 4.79 Å².